The van der Waals surface area contributed by atoms with Gasteiger partial charge in [-0.1, -0.05) is 0 Å². The van der Waals surface area contributed by atoms with Crippen molar-refractivity contribution in [3.8, 4) is 0 Å². The van der Waals surface area contributed by atoms with Crippen molar-refractivity contribution in [2.75, 3.05) is 11.5 Å². The molecule has 0 fully saturated rings. The van der Waals surface area contributed by atoms with Gasteiger partial charge in [0.15, 0.2) is 0 Å². The highest BCUT2D eigenvalue weighted by Gasteiger charge is 2.76. The number of nitrogen functional groups attached to an aromatic ring is 1. The van der Waals surface area contributed by atoms with Crippen molar-refractivity contribution in [3.63, 3.8) is 0 Å². The molecular formula is C12H11F6NO5S. The fourth-order valence-corrected chi connectivity index (χ4v) is 2.65. The summed E-state index contributed by atoms with van der Waals surface area (Å²) in [6.45, 7) is 1.32. The summed E-state index contributed by atoms with van der Waals surface area (Å²) < 4.78 is 112. The maximum absolute atomic E-state index is 13.0. The van der Waals surface area contributed by atoms with Crippen LogP contribution in [0.25, 0.3) is 0 Å². The zero-order chi connectivity index (χ0) is 19.8. The Morgan fingerprint density at radius 3 is 2.00 bits per heavy atom. The van der Waals surface area contributed by atoms with Gasteiger partial charge in [-0.15, -0.1) is 0 Å². The highest BCUT2D eigenvalue weighted by molar-refractivity contribution is 7.85. The third kappa shape index (κ3) is 4.54. The van der Waals surface area contributed by atoms with Crippen LogP contribution in [0.4, 0.5) is 32.0 Å². The van der Waals surface area contributed by atoms with Crippen molar-refractivity contribution < 1.29 is 48.8 Å². The van der Waals surface area contributed by atoms with Crippen molar-refractivity contribution in [2.45, 2.75) is 24.9 Å². The molecule has 3 N–H and O–H groups in total. The van der Waals surface area contributed by atoms with Crippen LogP contribution >= 0.6 is 0 Å². The smallest absolute Gasteiger partial charge is 0.435 e. The summed E-state index contributed by atoms with van der Waals surface area (Å²) >= 11 is 0. The standard InChI is InChI=1S/C12H11F6NO5S/c1-6-4-7(2-3-8(6)19)9(20)24-10(11(13,14)15,12(16,17)18)5-25(21,22)23/h2-4H,5,19H2,1H3,(H,21,22,23). The molecule has 6 nitrogen and oxygen atoms in total. The Labute approximate surface area is 137 Å². The van der Waals surface area contributed by atoms with Crippen LogP contribution in [0.5, 0.6) is 0 Å². The first-order chi connectivity index (χ1) is 11.0. The fraction of sp³-hybridized carbons (Fsp3) is 0.417. The second kappa shape index (κ2) is 6.37. The van der Waals surface area contributed by atoms with Crippen LogP contribution in [-0.2, 0) is 14.9 Å². The van der Waals surface area contributed by atoms with Crippen molar-refractivity contribution in [3.05, 3.63) is 29.3 Å². The molecule has 0 aliphatic heterocycles. The van der Waals surface area contributed by atoms with E-state index in [0.29, 0.717) is 0 Å². The number of hydrogen-bond acceptors (Lipinski definition) is 5. The van der Waals surface area contributed by atoms with Gasteiger partial charge in [-0.2, -0.15) is 34.8 Å². The molecule has 0 bridgehead atoms. The molecule has 142 valence electrons. The van der Waals surface area contributed by atoms with E-state index in [-0.39, 0.29) is 11.3 Å². The zero-order valence-electron chi connectivity index (χ0n) is 12.3. The molecule has 0 atom stereocenters. The van der Waals surface area contributed by atoms with Crippen LogP contribution in [0.1, 0.15) is 15.9 Å². The van der Waals surface area contributed by atoms with Crippen LogP contribution in [0.15, 0.2) is 18.2 Å². The van der Waals surface area contributed by atoms with E-state index in [2.05, 4.69) is 4.74 Å². The summed E-state index contributed by atoms with van der Waals surface area (Å²) in [6.07, 6.45) is -12.8. The first-order valence-corrected chi connectivity index (χ1v) is 7.79. The Balaban J connectivity index is 3.46. The largest absolute Gasteiger partial charge is 0.438 e. The summed E-state index contributed by atoms with van der Waals surface area (Å²) in [5.74, 6) is -5.03. The highest BCUT2D eigenvalue weighted by atomic mass is 32.2. The van der Waals surface area contributed by atoms with E-state index >= 15 is 0 Å². The first kappa shape index (κ1) is 21.0. The van der Waals surface area contributed by atoms with Gasteiger partial charge < -0.3 is 10.5 Å². The maximum Gasteiger partial charge on any atom is 0.438 e. The highest BCUT2D eigenvalue weighted by Crippen LogP contribution is 2.47. The third-order valence-electron chi connectivity index (χ3n) is 3.07. The van der Waals surface area contributed by atoms with Crippen molar-refractivity contribution in [1.29, 1.82) is 0 Å². The maximum atomic E-state index is 13.0. The van der Waals surface area contributed by atoms with E-state index in [1.165, 1.54) is 6.92 Å². The van der Waals surface area contributed by atoms with Crippen LogP contribution < -0.4 is 5.73 Å². The summed E-state index contributed by atoms with van der Waals surface area (Å²) in [5.41, 5.74) is -0.488. The molecule has 0 spiro atoms. The lowest BCUT2D eigenvalue weighted by Crippen LogP contribution is -2.63. The Bertz CT molecular complexity index is 757. The summed E-state index contributed by atoms with van der Waals surface area (Å²) in [7, 11) is -5.83. The summed E-state index contributed by atoms with van der Waals surface area (Å²) in [6, 6.07) is 2.70. The van der Waals surface area contributed by atoms with Gasteiger partial charge in [0.2, 0.25) is 0 Å². The molecule has 25 heavy (non-hydrogen) atoms. The number of nitrogens with two attached hydrogens (primary N) is 1. The molecular weight excluding hydrogens is 384 g/mol. The molecule has 0 unspecified atom stereocenters. The molecule has 0 aliphatic carbocycles. The van der Waals surface area contributed by atoms with E-state index in [1.54, 1.807) is 0 Å². The first-order valence-electron chi connectivity index (χ1n) is 6.18. The molecule has 0 saturated heterocycles. The number of rotatable bonds is 4. The fourth-order valence-electron chi connectivity index (χ4n) is 1.75. The van der Waals surface area contributed by atoms with Gasteiger partial charge in [0, 0.05) is 5.69 Å². The van der Waals surface area contributed by atoms with Crippen molar-refractivity contribution in [2.24, 2.45) is 0 Å². The number of aryl methyl sites for hydroxylation is 1. The number of alkyl halides is 6. The molecule has 0 amide bonds. The van der Waals surface area contributed by atoms with Gasteiger partial charge in [0.1, 0.15) is 5.75 Å². The number of ether oxygens (including phenoxy) is 1. The van der Waals surface area contributed by atoms with Gasteiger partial charge in [-0.25, -0.2) is 4.79 Å². The zero-order valence-corrected chi connectivity index (χ0v) is 13.1. The minimum absolute atomic E-state index is 0.104. The molecule has 0 aliphatic rings. The number of anilines is 1. The molecule has 0 aromatic heterocycles. The minimum atomic E-state index is -6.38. The average Bonchev–Trinajstić information content (AvgIpc) is 2.36. The Kier molecular flexibility index (Phi) is 5.35. The number of halogens is 6. The van der Waals surface area contributed by atoms with E-state index in [4.69, 9.17) is 10.3 Å². The lowest BCUT2D eigenvalue weighted by Gasteiger charge is -2.35. The molecule has 1 aromatic carbocycles. The van der Waals surface area contributed by atoms with Gasteiger partial charge >= 0.3 is 23.9 Å². The Morgan fingerprint density at radius 1 is 1.16 bits per heavy atom. The van der Waals surface area contributed by atoms with Crippen LogP contribution in [0, 0.1) is 6.92 Å². The second-order valence-electron chi connectivity index (χ2n) is 5.01. The molecule has 13 heteroatoms. The number of carbonyl (C=O) groups excluding carboxylic acids is 1. The molecule has 1 aromatic rings. The van der Waals surface area contributed by atoms with E-state index in [0.717, 1.165) is 18.2 Å². The topological polar surface area (TPSA) is 107 Å². The van der Waals surface area contributed by atoms with E-state index in [1.807, 2.05) is 0 Å². The van der Waals surface area contributed by atoms with Gasteiger partial charge in [0.25, 0.3) is 10.1 Å². The van der Waals surface area contributed by atoms with Crippen LogP contribution in [0.2, 0.25) is 0 Å². The Hall–Kier alpha value is -2.02. The van der Waals surface area contributed by atoms with Crippen molar-refractivity contribution in [1.82, 2.24) is 0 Å². The quantitative estimate of drug-likeness (QED) is 0.351. The molecule has 0 heterocycles. The van der Waals surface area contributed by atoms with E-state index < -0.39 is 45.4 Å². The minimum Gasteiger partial charge on any atom is -0.435 e. The summed E-state index contributed by atoms with van der Waals surface area (Å²) in [4.78, 5) is 11.8. The normalized spacial score (nSPS) is 13.6. The third-order valence-corrected chi connectivity index (χ3v) is 3.85. The van der Waals surface area contributed by atoms with Crippen LogP contribution in [0.3, 0.4) is 0 Å². The lowest BCUT2D eigenvalue weighted by molar-refractivity contribution is -0.356. The molecule has 1 rings (SSSR count). The van der Waals surface area contributed by atoms with Crippen LogP contribution in [-0.4, -0.2) is 42.6 Å². The Morgan fingerprint density at radius 2 is 1.64 bits per heavy atom. The number of benzene rings is 1. The molecule has 0 radical (unpaired) electrons. The van der Waals surface area contributed by atoms with E-state index in [9.17, 15) is 39.6 Å². The second-order valence-corrected chi connectivity index (χ2v) is 6.46. The average molecular weight is 395 g/mol. The summed E-state index contributed by atoms with van der Waals surface area (Å²) in [5, 5.41) is 0. The van der Waals surface area contributed by atoms with Gasteiger partial charge in [-0.05, 0) is 30.7 Å². The van der Waals surface area contributed by atoms with Gasteiger partial charge in [0.05, 0.1) is 5.56 Å². The lowest BCUT2D eigenvalue weighted by atomic mass is 10.0. The number of esters is 1. The number of carbonyl (C=O) groups is 1. The van der Waals surface area contributed by atoms with Crippen molar-refractivity contribution >= 4 is 21.8 Å². The monoisotopic (exact) mass is 395 g/mol. The predicted octanol–water partition coefficient (Wildman–Crippen LogP) is 2.49. The molecule has 0 saturated carbocycles. The predicted molar refractivity (Wildman–Crippen MR) is 72.3 cm³/mol. The SMILES string of the molecule is Cc1cc(C(=O)OC(CS(=O)(=O)O)(C(F)(F)F)C(F)(F)F)ccc1N. The number of hydrogen-bond donors (Lipinski definition) is 2. The van der Waals surface area contributed by atoms with Gasteiger partial charge in [-0.3, -0.25) is 4.55 Å².